The highest BCUT2D eigenvalue weighted by molar-refractivity contribution is 7.89. The van der Waals surface area contributed by atoms with Gasteiger partial charge in [0.1, 0.15) is 18.1 Å². The minimum absolute atomic E-state index is 0.502. The van der Waals surface area contributed by atoms with Gasteiger partial charge in [-0.15, -0.1) is 4.31 Å². The van der Waals surface area contributed by atoms with Crippen LogP contribution in [0, 0.1) is 5.41 Å². The summed E-state index contributed by atoms with van der Waals surface area (Å²) in [7, 11) is 2.14. The highest BCUT2D eigenvalue weighted by Crippen LogP contribution is 2.40. The van der Waals surface area contributed by atoms with Crippen LogP contribution in [0.25, 0.3) is 5.57 Å². The van der Waals surface area contributed by atoms with E-state index in [1.807, 2.05) is 10.5 Å². The van der Waals surface area contributed by atoms with E-state index in [2.05, 4.69) is 36.3 Å². The zero-order valence-electron chi connectivity index (χ0n) is 17.4. The molecule has 0 aromatic heterocycles. The molecule has 4 rings (SSSR count). The third-order valence-electron chi connectivity index (χ3n) is 6.21. The molecule has 2 N–H and O–H groups in total. The third kappa shape index (κ3) is 4.57. The first kappa shape index (κ1) is 20.6. The van der Waals surface area contributed by atoms with E-state index in [1.54, 1.807) is 0 Å². The van der Waals surface area contributed by atoms with Crippen molar-refractivity contribution in [3.63, 3.8) is 0 Å². The Kier molecular flexibility index (Phi) is 6.37. The molecular formula is C22H32N4O2S. The lowest BCUT2D eigenvalue weighted by atomic mass is 9.92. The molecule has 1 saturated heterocycles. The number of nitrogens with one attached hydrogen (secondary N) is 2. The van der Waals surface area contributed by atoms with Gasteiger partial charge in [0, 0.05) is 78.3 Å². The first-order chi connectivity index (χ1) is 14.1. The van der Waals surface area contributed by atoms with Crippen LogP contribution in [-0.4, -0.2) is 59.7 Å². The van der Waals surface area contributed by atoms with Gasteiger partial charge in [-0.1, -0.05) is 0 Å². The predicted molar refractivity (Wildman–Crippen MR) is 120 cm³/mol. The quantitative estimate of drug-likeness (QED) is 0.503. The van der Waals surface area contributed by atoms with Crippen LogP contribution < -0.4 is 15.0 Å². The number of allylic oxidation sites excluding steroid dienone is 1. The number of nitrogens with zero attached hydrogens (tertiary/aromatic N) is 2. The van der Waals surface area contributed by atoms with Gasteiger partial charge in [-0.05, 0) is 44.7 Å². The van der Waals surface area contributed by atoms with Crippen molar-refractivity contribution in [2.24, 2.45) is 0 Å². The second-order valence-corrected chi connectivity index (χ2v) is 9.85. The first-order valence-electron chi connectivity index (χ1n) is 10.7. The lowest BCUT2D eigenvalue weighted by Gasteiger charge is -2.35. The summed E-state index contributed by atoms with van der Waals surface area (Å²) in [6.45, 7) is 4.32. The molecule has 1 aromatic rings. The van der Waals surface area contributed by atoms with Gasteiger partial charge in [0.25, 0.3) is 0 Å². The van der Waals surface area contributed by atoms with Crippen LogP contribution in [0.3, 0.4) is 0 Å². The van der Waals surface area contributed by atoms with Crippen LogP contribution in [-0.2, 0) is 17.8 Å². The Morgan fingerprint density at radius 1 is 1.38 bits per heavy atom. The summed E-state index contributed by atoms with van der Waals surface area (Å²) in [6, 6.07) is 5.30. The maximum absolute atomic E-state index is 12.0. The van der Waals surface area contributed by atoms with Crippen molar-refractivity contribution < 1.29 is 9.29 Å². The summed E-state index contributed by atoms with van der Waals surface area (Å²) in [5, 5.41) is 11.4. The second-order valence-electron chi connectivity index (χ2n) is 8.28. The Balaban J connectivity index is 1.60. The van der Waals surface area contributed by atoms with Crippen molar-refractivity contribution in [1.82, 2.24) is 9.62 Å². The van der Waals surface area contributed by atoms with Crippen LogP contribution in [0.5, 0.6) is 5.75 Å². The molecule has 2 unspecified atom stereocenters. The van der Waals surface area contributed by atoms with Gasteiger partial charge in [0.2, 0.25) is 0 Å². The summed E-state index contributed by atoms with van der Waals surface area (Å²) in [5.41, 5.74) is 4.26. The average molecular weight is 417 g/mol. The summed E-state index contributed by atoms with van der Waals surface area (Å²) in [4.78, 5) is 2.32. The molecule has 29 heavy (non-hydrogen) atoms. The van der Waals surface area contributed by atoms with Crippen molar-refractivity contribution >= 4 is 28.8 Å². The highest BCUT2D eigenvalue weighted by atomic mass is 32.2. The number of hydrogen-bond donors (Lipinski definition) is 2. The minimum Gasteiger partial charge on any atom is -0.598 e. The zero-order valence-corrected chi connectivity index (χ0v) is 18.3. The van der Waals surface area contributed by atoms with E-state index in [0.717, 1.165) is 48.4 Å². The number of fused-ring (bicyclic) bond motifs is 1. The van der Waals surface area contributed by atoms with Crippen LogP contribution in [0.1, 0.15) is 43.7 Å². The van der Waals surface area contributed by atoms with E-state index in [1.165, 1.54) is 30.3 Å². The monoisotopic (exact) mass is 416 g/mol. The Morgan fingerprint density at radius 3 is 2.90 bits per heavy atom. The van der Waals surface area contributed by atoms with Crippen LogP contribution in [0.2, 0.25) is 0 Å². The predicted octanol–water partition coefficient (Wildman–Crippen LogP) is 2.95. The van der Waals surface area contributed by atoms with Gasteiger partial charge in [0.15, 0.2) is 0 Å². The van der Waals surface area contributed by atoms with E-state index in [4.69, 9.17) is 10.1 Å². The van der Waals surface area contributed by atoms with Gasteiger partial charge in [-0.2, -0.15) is 0 Å². The molecule has 2 heterocycles. The van der Waals surface area contributed by atoms with Crippen LogP contribution in [0.4, 0.5) is 5.69 Å². The van der Waals surface area contributed by atoms with Gasteiger partial charge >= 0.3 is 0 Å². The SMILES string of the molecule is CC1CCc2c(ccc(/C(C=N)=C/NC3CC3)c2OCCN2CCC[S+]2[O-])N1C. The van der Waals surface area contributed by atoms with Crippen LogP contribution in [0.15, 0.2) is 18.3 Å². The van der Waals surface area contributed by atoms with E-state index < -0.39 is 11.4 Å². The number of rotatable bonds is 8. The Bertz CT molecular complexity index is 780. The smallest absolute Gasteiger partial charge is 0.132 e. The molecule has 6 nitrogen and oxygen atoms in total. The number of benzene rings is 1. The van der Waals surface area contributed by atoms with Crippen LogP contribution >= 0.6 is 0 Å². The third-order valence-corrected chi connectivity index (χ3v) is 7.79. The zero-order chi connectivity index (χ0) is 20.4. The largest absolute Gasteiger partial charge is 0.598 e. The molecule has 0 spiro atoms. The summed E-state index contributed by atoms with van der Waals surface area (Å²) in [5.74, 6) is 1.65. The maximum atomic E-state index is 12.0. The average Bonchev–Trinajstić information content (AvgIpc) is 3.46. The van der Waals surface area contributed by atoms with E-state index >= 15 is 0 Å². The maximum Gasteiger partial charge on any atom is 0.132 e. The van der Waals surface area contributed by atoms with E-state index in [-0.39, 0.29) is 0 Å². The molecule has 0 amide bonds. The molecule has 1 saturated carbocycles. The minimum atomic E-state index is -0.861. The van der Waals surface area contributed by atoms with Gasteiger partial charge in [0.05, 0.1) is 6.54 Å². The molecule has 1 aliphatic carbocycles. The fourth-order valence-corrected chi connectivity index (χ4v) is 5.32. The lowest BCUT2D eigenvalue weighted by Crippen LogP contribution is -2.34. The molecule has 2 aliphatic heterocycles. The Labute approximate surface area is 177 Å². The highest BCUT2D eigenvalue weighted by Gasteiger charge is 2.28. The normalized spacial score (nSPS) is 25.1. The number of hydrogen-bond acceptors (Lipinski definition) is 6. The standard InChI is InChI=1S/C22H32N4O2S/c1-16-4-7-20-21(25(16)2)9-8-19(17(14-23)15-24-18-5-6-18)22(20)28-12-11-26-10-3-13-29(26)27/h8-9,14-16,18,23-24H,3-7,10-13H2,1-2H3/b17-15+,23-14?. The molecular weight excluding hydrogens is 384 g/mol. The molecule has 1 aromatic carbocycles. The fraction of sp³-hybridized carbons (Fsp3) is 0.591. The van der Waals surface area contributed by atoms with Gasteiger partial charge < -0.3 is 24.9 Å². The van der Waals surface area contributed by atoms with Crippen molar-refractivity contribution in [2.75, 3.05) is 37.4 Å². The number of anilines is 1. The van der Waals surface area contributed by atoms with Crippen molar-refractivity contribution in [2.45, 2.75) is 51.1 Å². The second kappa shape index (κ2) is 8.98. The van der Waals surface area contributed by atoms with Gasteiger partial charge in [-0.3, -0.25) is 0 Å². The van der Waals surface area contributed by atoms with Crippen molar-refractivity contribution in [1.29, 1.82) is 5.41 Å². The summed E-state index contributed by atoms with van der Waals surface area (Å²) in [6.07, 6.45) is 8.83. The molecule has 7 heteroatoms. The molecule has 2 fully saturated rings. The van der Waals surface area contributed by atoms with E-state index in [9.17, 15) is 4.55 Å². The molecule has 0 radical (unpaired) electrons. The number of ether oxygens (including phenoxy) is 1. The first-order valence-corrected chi connectivity index (χ1v) is 12.0. The summed E-state index contributed by atoms with van der Waals surface area (Å²) < 4.78 is 20.4. The van der Waals surface area contributed by atoms with Crippen molar-refractivity contribution in [3.05, 3.63) is 29.5 Å². The Hall–Kier alpha value is -1.70. The van der Waals surface area contributed by atoms with Crippen molar-refractivity contribution in [3.8, 4) is 5.75 Å². The summed E-state index contributed by atoms with van der Waals surface area (Å²) >= 11 is -0.861. The molecule has 3 aliphatic rings. The van der Waals surface area contributed by atoms with Gasteiger partial charge in [-0.25, -0.2) is 0 Å². The Morgan fingerprint density at radius 2 is 2.21 bits per heavy atom. The molecule has 2 atom stereocenters. The van der Waals surface area contributed by atoms with E-state index in [0.29, 0.717) is 25.2 Å². The fourth-order valence-electron chi connectivity index (χ4n) is 4.08. The lowest BCUT2D eigenvalue weighted by molar-refractivity contribution is 0.275. The molecule has 158 valence electrons. The topological polar surface area (TPSA) is 74.6 Å². The molecule has 0 bridgehead atoms.